The third kappa shape index (κ3) is 4.66. The van der Waals surface area contributed by atoms with Crippen molar-refractivity contribution in [3.63, 3.8) is 0 Å². The fourth-order valence-electron chi connectivity index (χ4n) is 4.70. The number of nitrogens with zero attached hydrogens (tertiary/aromatic N) is 2. The van der Waals surface area contributed by atoms with Crippen molar-refractivity contribution in [3.05, 3.63) is 69.2 Å². The molecule has 0 saturated carbocycles. The number of anilines is 1. The van der Waals surface area contributed by atoms with E-state index < -0.39 is 9.84 Å². The highest BCUT2D eigenvalue weighted by atomic mass is 32.2. The molecule has 0 atom stereocenters. The van der Waals surface area contributed by atoms with E-state index in [1.165, 1.54) is 0 Å². The molecule has 1 aliphatic rings. The van der Waals surface area contributed by atoms with Crippen molar-refractivity contribution in [2.75, 3.05) is 25.1 Å². The van der Waals surface area contributed by atoms with E-state index >= 15 is 0 Å². The van der Waals surface area contributed by atoms with Crippen LogP contribution in [0.5, 0.6) is 5.75 Å². The molecule has 0 N–H and O–H groups in total. The lowest BCUT2D eigenvalue weighted by atomic mass is 10.0. The fourth-order valence-corrected chi connectivity index (χ4v) is 7.92. The van der Waals surface area contributed by atoms with Crippen LogP contribution in [0, 0.1) is 27.7 Å². The number of aromatic nitrogens is 1. The van der Waals surface area contributed by atoms with Crippen molar-refractivity contribution in [2.45, 2.75) is 57.1 Å². The van der Waals surface area contributed by atoms with E-state index in [0.29, 0.717) is 30.8 Å². The maximum Gasteiger partial charge on any atom is 0.185 e. The molecule has 0 amide bonds. The first kappa shape index (κ1) is 23.8. The number of ether oxygens (including phenoxy) is 1. The first-order valence-electron chi connectivity index (χ1n) is 11.3. The van der Waals surface area contributed by atoms with Crippen LogP contribution in [-0.2, 0) is 16.3 Å². The lowest BCUT2D eigenvalue weighted by molar-refractivity contribution is 0.410. The molecule has 176 valence electrons. The zero-order valence-corrected chi connectivity index (χ0v) is 21.6. The molecular weight excluding hydrogens is 452 g/mol. The van der Waals surface area contributed by atoms with Crippen LogP contribution in [0.15, 0.2) is 40.6 Å². The largest absolute Gasteiger partial charge is 0.496 e. The van der Waals surface area contributed by atoms with Crippen molar-refractivity contribution in [1.82, 2.24) is 4.98 Å². The fraction of sp³-hybridized carbons (Fsp3) is 0.423. The van der Waals surface area contributed by atoms with E-state index in [-0.39, 0.29) is 5.25 Å². The van der Waals surface area contributed by atoms with Crippen molar-refractivity contribution >= 4 is 26.3 Å². The highest BCUT2D eigenvalue weighted by molar-refractivity contribution is 7.92. The molecule has 33 heavy (non-hydrogen) atoms. The number of piperidine rings is 1. The first-order chi connectivity index (χ1) is 15.7. The van der Waals surface area contributed by atoms with Gasteiger partial charge in [0.05, 0.1) is 22.9 Å². The van der Waals surface area contributed by atoms with Crippen LogP contribution < -0.4 is 9.64 Å². The second-order valence-corrected chi connectivity index (χ2v) is 11.9. The lowest BCUT2D eigenvalue weighted by Crippen LogP contribution is -2.39. The molecule has 2 heterocycles. The Morgan fingerprint density at radius 2 is 1.70 bits per heavy atom. The average Bonchev–Trinajstić information content (AvgIpc) is 3.27. The molecule has 2 aromatic carbocycles. The van der Waals surface area contributed by atoms with Crippen molar-refractivity contribution < 1.29 is 13.2 Å². The monoisotopic (exact) mass is 484 g/mol. The number of thiazole rings is 1. The van der Waals surface area contributed by atoms with E-state index in [0.717, 1.165) is 50.8 Å². The number of hydrogen-bond acceptors (Lipinski definition) is 6. The van der Waals surface area contributed by atoms with Gasteiger partial charge in [0.2, 0.25) is 0 Å². The standard InChI is InChI=1S/C26H32N2O3S2/c1-17-14-18(2)20(4)25(19(17)3)33(29,30)23-10-12-28(13-11-23)26-27-22(16-32-26)15-21-8-6-7-9-24(21)31-5/h6-9,14,16,23H,10-13,15H2,1-5H3. The molecule has 4 rings (SSSR count). The van der Waals surface area contributed by atoms with Gasteiger partial charge in [-0.2, -0.15) is 0 Å². The predicted molar refractivity (Wildman–Crippen MR) is 136 cm³/mol. The normalized spacial score (nSPS) is 15.1. The van der Waals surface area contributed by atoms with Gasteiger partial charge in [0.1, 0.15) is 5.75 Å². The number of aryl methyl sites for hydroxylation is 2. The number of rotatable bonds is 6. The highest BCUT2D eigenvalue weighted by Crippen LogP contribution is 2.34. The van der Waals surface area contributed by atoms with Gasteiger partial charge >= 0.3 is 0 Å². The smallest absolute Gasteiger partial charge is 0.185 e. The van der Waals surface area contributed by atoms with E-state index in [1.54, 1.807) is 18.4 Å². The zero-order chi connectivity index (χ0) is 23.8. The summed E-state index contributed by atoms with van der Waals surface area (Å²) >= 11 is 1.63. The van der Waals surface area contributed by atoms with Crippen LogP contribution in [0.2, 0.25) is 0 Å². The minimum Gasteiger partial charge on any atom is -0.496 e. The molecular formula is C26H32N2O3S2. The summed E-state index contributed by atoms with van der Waals surface area (Å²) in [6, 6.07) is 10.1. The Morgan fingerprint density at radius 1 is 1.06 bits per heavy atom. The van der Waals surface area contributed by atoms with Crippen molar-refractivity contribution in [1.29, 1.82) is 0 Å². The van der Waals surface area contributed by atoms with Gasteiger partial charge in [-0.05, 0) is 68.9 Å². The Labute approximate surface area is 201 Å². The second kappa shape index (κ2) is 9.47. The molecule has 5 nitrogen and oxygen atoms in total. The molecule has 1 fully saturated rings. The third-order valence-electron chi connectivity index (χ3n) is 6.84. The first-order valence-corrected chi connectivity index (χ1v) is 13.8. The molecule has 0 unspecified atom stereocenters. The maximum absolute atomic E-state index is 13.6. The summed E-state index contributed by atoms with van der Waals surface area (Å²) in [5.41, 5.74) is 5.98. The quantitative estimate of drug-likeness (QED) is 0.468. The van der Waals surface area contributed by atoms with Crippen molar-refractivity contribution in [2.24, 2.45) is 0 Å². The predicted octanol–water partition coefficient (Wildman–Crippen LogP) is 5.42. The Kier molecular flexibility index (Phi) is 6.82. The summed E-state index contributed by atoms with van der Waals surface area (Å²) in [5.74, 6) is 0.870. The Morgan fingerprint density at radius 3 is 2.33 bits per heavy atom. The number of benzene rings is 2. The summed E-state index contributed by atoms with van der Waals surface area (Å²) < 4.78 is 32.7. The van der Waals surface area contributed by atoms with Gasteiger partial charge in [-0.3, -0.25) is 0 Å². The Hall–Kier alpha value is -2.38. The topological polar surface area (TPSA) is 59.5 Å². The van der Waals surface area contributed by atoms with E-state index in [4.69, 9.17) is 9.72 Å². The summed E-state index contributed by atoms with van der Waals surface area (Å²) in [7, 11) is -1.69. The lowest BCUT2D eigenvalue weighted by Gasteiger charge is -2.32. The zero-order valence-electron chi connectivity index (χ0n) is 20.0. The van der Waals surface area contributed by atoms with Crippen molar-refractivity contribution in [3.8, 4) is 5.75 Å². The third-order valence-corrected chi connectivity index (χ3v) is 10.3. The number of sulfone groups is 1. The molecule has 0 spiro atoms. The number of hydrogen-bond donors (Lipinski definition) is 0. The molecule has 0 radical (unpaired) electrons. The number of para-hydroxylation sites is 1. The van der Waals surface area contributed by atoms with Gasteiger partial charge in [0.15, 0.2) is 15.0 Å². The average molecular weight is 485 g/mol. The highest BCUT2D eigenvalue weighted by Gasteiger charge is 2.34. The van der Waals surface area contributed by atoms with Gasteiger partial charge in [-0.1, -0.05) is 24.3 Å². The summed E-state index contributed by atoms with van der Waals surface area (Å²) in [4.78, 5) is 7.61. The van der Waals surface area contributed by atoms with Crippen LogP contribution in [0.4, 0.5) is 5.13 Å². The minimum atomic E-state index is -3.37. The van der Waals surface area contributed by atoms with Gasteiger partial charge in [0.25, 0.3) is 0 Å². The molecule has 0 aliphatic carbocycles. The second-order valence-electron chi connectivity index (χ2n) is 8.93. The van der Waals surface area contributed by atoms with Crippen LogP contribution in [0.25, 0.3) is 0 Å². The molecule has 1 aliphatic heterocycles. The SMILES string of the molecule is COc1ccccc1Cc1csc(N2CCC(S(=O)(=O)c3c(C)c(C)cc(C)c3C)CC2)n1. The Balaban J connectivity index is 1.47. The van der Waals surface area contributed by atoms with Crippen LogP contribution in [0.1, 0.15) is 46.4 Å². The van der Waals surface area contributed by atoms with E-state index in [2.05, 4.69) is 22.4 Å². The van der Waals surface area contributed by atoms with Gasteiger partial charge in [0, 0.05) is 30.5 Å². The number of methoxy groups -OCH3 is 1. The van der Waals surface area contributed by atoms with E-state index in [9.17, 15) is 8.42 Å². The van der Waals surface area contributed by atoms with Crippen LogP contribution >= 0.6 is 11.3 Å². The van der Waals surface area contributed by atoms with Gasteiger partial charge < -0.3 is 9.64 Å². The summed E-state index contributed by atoms with van der Waals surface area (Å²) in [6.45, 7) is 9.26. The molecule has 0 bridgehead atoms. The van der Waals surface area contributed by atoms with Crippen LogP contribution in [0.3, 0.4) is 0 Å². The van der Waals surface area contributed by atoms with Gasteiger partial charge in [-0.25, -0.2) is 13.4 Å². The van der Waals surface area contributed by atoms with Crippen LogP contribution in [-0.4, -0.2) is 38.9 Å². The summed E-state index contributed by atoms with van der Waals surface area (Å²) in [6.07, 6.45) is 1.96. The molecule has 7 heteroatoms. The minimum absolute atomic E-state index is 0.347. The molecule has 1 saturated heterocycles. The molecule has 1 aromatic heterocycles. The van der Waals surface area contributed by atoms with Gasteiger partial charge in [-0.15, -0.1) is 11.3 Å². The Bertz CT molecular complexity index is 1230. The maximum atomic E-state index is 13.6. The molecule has 3 aromatic rings. The van der Waals surface area contributed by atoms with E-state index in [1.807, 2.05) is 45.9 Å². The summed E-state index contributed by atoms with van der Waals surface area (Å²) in [5, 5.41) is 2.71.